The summed E-state index contributed by atoms with van der Waals surface area (Å²) < 4.78 is 6.02. The van der Waals surface area contributed by atoms with Crippen LogP contribution in [-0.2, 0) is 5.41 Å². The van der Waals surface area contributed by atoms with Gasteiger partial charge in [-0.2, -0.15) is 0 Å². The van der Waals surface area contributed by atoms with Crippen molar-refractivity contribution < 1.29 is 4.74 Å². The van der Waals surface area contributed by atoms with E-state index in [1.807, 2.05) is 0 Å². The first kappa shape index (κ1) is 18.0. The molecule has 0 heterocycles. The molecule has 0 saturated heterocycles. The molecule has 0 bridgehead atoms. The fourth-order valence-corrected chi connectivity index (χ4v) is 2.41. The molecule has 0 aromatic heterocycles. The second-order valence-corrected chi connectivity index (χ2v) is 7.54. The van der Waals surface area contributed by atoms with Gasteiger partial charge in [-0.05, 0) is 53.8 Å². The Morgan fingerprint density at radius 3 is 2.33 bits per heavy atom. The van der Waals surface area contributed by atoms with Crippen LogP contribution in [0.4, 0.5) is 0 Å². The normalized spacial score (nSPS) is 13.5. The third-order valence-electron chi connectivity index (χ3n) is 3.79. The van der Waals surface area contributed by atoms with Gasteiger partial charge in [-0.15, -0.1) is 0 Å². The Bertz CT molecular complexity index is 432. The molecule has 0 aliphatic heterocycles. The first-order valence-corrected chi connectivity index (χ1v) is 8.23. The molecule has 2 heteroatoms. The predicted molar refractivity (Wildman–Crippen MR) is 92.2 cm³/mol. The largest absolute Gasteiger partial charge is 0.493 e. The van der Waals surface area contributed by atoms with E-state index in [1.165, 1.54) is 11.1 Å². The average molecular weight is 291 g/mol. The van der Waals surface area contributed by atoms with Gasteiger partial charge in [-0.3, -0.25) is 0 Å². The summed E-state index contributed by atoms with van der Waals surface area (Å²) in [5.74, 6) is 2.13. The van der Waals surface area contributed by atoms with Crippen molar-refractivity contribution in [1.29, 1.82) is 0 Å². The summed E-state index contributed by atoms with van der Waals surface area (Å²) in [7, 11) is 0. The molecular weight excluding hydrogens is 258 g/mol. The minimum atomic E-state index is 0.0932. The molecule has 0 spiro atoms. The SMILES string of the molecule is CC(C)COc1ccc(C(C)CCCN)cc1C(C)(C)C. The van der Waals surface area contributed by atoms with Gasteiger partial charge in [-0.1, -0.05) is 53.7 Å². The Kier molecular flexibility index (Phi) is 6.73. The van der Waals surface area contributed by atoms with Gasteiger partial charge in [0.1, 0.15) is 5.75 Å². The van der Waals surface area contributed by atoms with Crippen LogP contribution >= 0.6 is 0 Å². The van der Waals surface area contributed by atoms with Gasteiger partial charge in [0.25, 0.3) is 0 Å². The van der Waals surface area contributed by atoms with Crippen LogP contribution in [0.25, 0.3) is 0 Å². The van der Waals surface area contributed by atoms with Gasteiger partial charge < -0.3 is 10.5 Å². The highest BCUT2D eigenvalue weighted by atomic mass is 16.5. The monoisotopic (exact) mass is 291 g/mol. The van der Waals surface area contributed by atoms with E-state index in [0.29, 0.717) is 11.8 Å². The lowest BCUT2D eigenvalue weighted by Crippen LogP contribution is -2.16. The van der Waals surface area contributed by atoms with Crippen LogP contribution in [0, 0.1) is 5.92 Å². The van der Waals surface area contributed by atoms with Gasteiger partial charge in [0.15, 0.2) is 0 Å². The molecule has 21 heavy (non-hydrogen) atoms. The number of ether oxygens (including phenoxy) is 1. The number of rotatable bonds is 7. The van der Waals surface area contributed by atoms with Crippen molar-refractivity contribution in [3.8, 4) is 5.75 Å². The van der Waals surface area contributed by atoms with E-state index in [0.717, 1.165) is 31.7 Å². The molecule has 1 unspecified atom stereocenters. The summed E-state index contributed by atoms with van der Waals surface area (Å²) in [5.41, 5.74) is 8.42. The molecule has 0 fully saturated rings. The predicted octanol–water partition coefficient (Wildman–Crippen LogP) is 4.86. The van der Waals surface area contributed by atoms with Gasteiger partial charge in [0.2, 0.25) is 0 Å². The Hall–Kier alpha value is -1.02. The zero-order chi connectivity index (χ0) is 16.0. The van der Waals surface area contributed by atoms with Crippen molar-refractivity contribution in [2.24, 2.45) is 11.7 Å². The smallest absolute Gasteiger partial charge is 0.123 e. The standard InChI is InChI=1S/C19H33NO/c1-14(2)13-21-18-10-9-16(15(3)8-7-11-20)12-17(18)19(4,5)6/h9-10,12,14-15H,7-8,11,13,20H2,1-6H3. The van der Waals surface area contributed by atoms with Crippen molar-refractivity contribution in [3.63, 3.8) is 0 Å². The number of nitrogens with two attached hydrogens (primary N) is 1. The quantitative estimate of drug-likeness (QED) is 0.778. The first-order valence-electron chi connectivity index (χ1n) is 8.23. The van der Waals surface area contributed by atoms with E-state index in [4.69, 9.17) is 10.5 Å². The maximum atomic E-state index is 6.02. The third kappa shape index (κ3) is 5.70. The molecule has 0 saturated carbocycles. The van der Waals surface area contributed by atoms with E-state index in [2.05, 4.69) is 59.7 Å². The molecule has 0 aliphatic rings. The molecule has 2 nitrogen and oxygen atoms in total. The Morgan fingerprint density at radius 2 is 1.81 bits per heavy atom. The van der Waals surface area contributed by atoms with Crippen LogP contribution in [0.1, 0.15) is 71.4 Å². The van der Waals surface area contributed by atoms with Crippen LogP contribution in [-0.4, -0.2) is 13.2 Å². The molecular formula is C19H33NO. The minimum Gasteiger partial charge on any atom is -0.493 e. The lowest BCUT2D eigenvalue weighted by atomic mass is 9.83. The van der Waals surface area contributed by atoms with E-state index < -0.39 is 0 Å². The zero-order valence-corrected chi connectivity index (χ0v) is 14.7. The highest BCUT2D eigenvalue weighted by Gasteiger charge is 2.21. The lowest BCUT2D eigenvalue weighted by molar-refractivity contribution is 0.264. The van der Waals surface area contributed by atoms with Crippen molar-refractivity contribution in [2.45, 2.75) is 65.7 Å². The van der Waals surface area contributed by atoms with E-state index in [-0.39, 0.29) is 5.41 Å². The lowest BCUT2D eigenvalue weighted by Gasteiger charge is -2.25. The van der Waals surface area contributed by atoms with Crippen molar-refractivity contribution in [3.05, 3.63) is 29.3 Å². The maximum Gasteiger partial charge on any atom is 0.123 e. The highest BCUT2D eigenvalue weighted by molar-refractivity contribution is 5.42. The van der Waals surface area contributed by atoms with Crippen molar-refractivity contribution >= 4 is 0 Å². The van der Waals surface area contributed by atoms with Crippen molar-refractivity contribution in [2.75, 3.05) is 13.2 Å². The number of hydrogen-bond acceptors (Lipinski definition) is 2. The van der Waals surface area contributed by atoms with Crippen LogP contribution in [0.15, 0.2) is 18.2 Å². The molecule has 0 aliphatic carbocycles. The van der Waals surface area contributed by atoms with Crippen LogP contribution in [0.3, 0.4) is 0 Å². The molecule has 0 radical (unpaired) electrons. The van der Waals surface area contributed by atoms with Gasteiger partial charge in [0.05, 0.1) is 6.61 Å². The number of hydrogen-bond donors (Lipinski definition) is 1. The first-order chi connectivity index (χ1) is 9.75. The molecule has 1 aromatic carbocycles. The summed E-state index contributed by atoms with van der Waals surface area (Å²) in [5, 5.41) is 0. The molecule has 2 N–H and O–H groups in total. The van der Waals surface area contributed by atoms with Gasteiger partial charge in [-0.25, -0.2) is 0 Å². The third-order valence-corrected chi connectivity index (χ3v) is 3.79. The molecule has 1 aromatic rings. The van der Waals surface area contributed by atoms with Gasteiger partial charge in [0, 0.05) is 0 Å². The minimum absolute atomic E-state index is 0.0932. The maximum absolute atomic E-state index is 6.02. The fourth-order valence-electron chi connectivity index (χ4n) is 2.41. The van der Waals surface area contributed by atoms with Crippen LogP contribution in [0.5, 0.6) is 5.75 Å². The average Bonchev–Trinajstić information content (AvgIpc) is 2.41. The molecule has 0 amide bonds. The summed E-state index contributed by atoms with van der Waals surface area (Å²) in [6.45, 7) is 14.9. The van der Waals surface area contributed by atoms with Crippen LogP contribution < -0.4 is 10.5 Å². The second kappa shape index (κ2) is 7.84. The van der Waals surface area contributed by atoms with Crippen LogP contribution in [0.2, 0.25) is 0 Å². The number of benzene rings is 1. The van der Waals surface area contributed by atoms with E-state index in [9.17, 15) is 0 Å². The Labute approximate surface area is 131 Å². The molecule has 120 valence electrons. The summed E-state index contributed by atoms with van der Waals surface area (Å²) in [6.07, 6.45) is 2.23. The van der Waals surface area contributed by atoms with Gasteiger partial charge >= 0.3 is 0 Å². The second-order valence-electron chi connectivity index (χ2n) is 7.54. The highest BCUT2D eigenvalue weighted by Crippen LogP contribution is 2.35. The topological polar surface area (TPSA) is 35.2 Å². The summed E-state index contributed by atoms with van der Waals surface area (Å²) in [4.78, 5) is 0. The van der Waals surface area contributed by atoms with E-state index >= 15 is 0 Å². The van der Waals surface area contributed by atoms with Crippen molar-refractivity contribution in [1.82, 2.24) is 0 Å². The molecule has 1 rings (SSSR count). The van der Waals surface area contributed by atoms with E-state index in [1.54, 1.807) is 0 Å². The molecule has 1 atom stereocenters. The zero-order valence-electron chi connectivity index (χ0n) is 14.7. The Morgan fingerprint density at radius 1 is 1.14 bits per heavy atom. The Balaban J connectivity index is 3.01. The summed E-state index contributed by atoms with van der Waals surface area (Å²) in [6, 6.07) is 6.69. The fraction of sp³-hybridized carbons (Fsp3) is 0.684. The summed E-state index contributed by atoms with van der Waals surface area (Å²) >= 11 is 0.